The van der Waals surface area contributed by atoms with Gasteiger partial charge in [0.05, 0.1) is 0 Å². The molecule has 8 heteroatoms. The molecular formula is C13H17N5O2S. The molecule has 0 radical (unpaired) electrons. The van der Waals surface area contributed by atoms with Crippen LogP contribution in [0.4, 0.5) is 5.82 Å². The van der Waals surface area contributed by atoms with E-state index in [0.29, 0.717) is 10.9 Å². The lowest BCUT2D eigenvalue weighted by Crippen LogP contribution is -2.33. The molecule has 0 unspecified atom stereocenters. The smallest absolute Gasteiger partial charge is 0.339 e. The van der Waals surface area contributed by atoms with Crippen LogP contribution in [0.5, 0.6) is 0 Å². The molecule has 7 nitrogen and oxygen atoms in total. The highest BCUT2D eigenvalue weighted by Gasteiger charge is 2.05. The number of thioether (sulfide) groups is 1. The summed E-state index contributed by atoms with van der Waals surface area (Å²) < 4.78 is 1.45. The van der Waals surface area contributed by atoms with Crippen LogP contribution in [0.1, 0.15) is 18.9 Å². The van der Waals surface area contributed by atoms with Gasteiger partial charge < -0.3 is 5.32 Å². The summed E-state index contributed by atoms with van der Waals surface area (Å²) in [5.41, 5.74) is -0.415. The number of aromatic nitrogens is 4. The van der Waals surface area contributed by atoms with Crippen LogP contribution in [-0.2, 0) is 12.8 Å². The van der Waals surface area contributed by atoms with E-state index in [9.17, 15) is 9.59 Å². The number of aryl methyl sites for hydroxylation is 1. The van der Waals surface area contributed by atoms with E-state index in [0.717, 1.165) is 24.3 Å². The highest BCUT2D eigenvalue weighted by molar-refractivity contribution is 7.98. The van der Waals surface area contributed by atoms with Gasteiger partial charge in [0.25, 0.3) is 0 Å². The highest BCUT2D eigenvalue weighted by atomic mass is 32.2. The predicted octanol–water partition coefficient (Wildman–Crippen LogP) is 0.978. The van der Waals surface area contributed by atoms with Crippen LogP contribution in [0.25, 0.3) is 0 Å². The largest absolute Gasteiger partial charge is 0.370 e. The lowest BCUT2D eigenvalue weighted by molar-refractivity contribution is 0.596. The number of nitrogens with zero attached hydrogens (tertiary/aromatic N) is 3. The third-order valence-corrected chi connectivity index (χ3v) is 3.80. The van der Waals surface area contributed by atoms with Crippen molar-refractivity contribution in [3.63, 3.8) is 0 Å². The van der Waals surface area contributed by atoms with E-state index in [1.807, 2.05) is 12.1 Å². The van der Waals surface area contributed by atoms with Crippen LogP contribution in [0.2, 0.25) is 0 Å². The van der Waals surface area contributed by atoms with E-state index in [1.165, 1.54) is 16.4 Å². The number of hydrogen-bond donors (Lipinski definition) is 2. The van der Waals surface area contributed by atoms with Gasteiger partial charge in [0, 0.05) is 25.5 Å². The second kappa shape index (κ2) is 7.07. The minimum atomic E-state index is -0.768. The first kappa shape index (κ1) is 15.3. The molecule has 21 heavy (non-hydrogen) atoms. The molecule has 0 fully saturated rings. The Kier molecular flexibility index (Phi) is 5.15. The first-order chi connectivity index (χ1) is 10.1. The molecule has 2 rings (SSSR count). The number of pyridine rings is 1. The van der Waals surface area contributed by atoms with Gasteiger partial charge in [-0.2, -0.15) is 4.98 Å². The second-order valence-electron chi connectivity index (χ2n) is 4.46. The molecule has 112 valence electrons. The van der Waals surface area contributed by atoms with Crippen LogP contribution in [-0.4, -0.2) is 26.3 Å². The third-order valence-electron chi connectivity index (χ3n) is 2.70. The van der Waals surface area contributed by atoms with Crippen LogP contribution in [0, 0.1) is 0 Å². The molecule has 0 saturated carbocycles. The van der Waals surface area contributed by atoms with Crippen molar-refractivity contribution < 1.29 is 0 Å². The summed E-state index contributed by atoms with van der Waals surface area (Å²) in [7, 11) is 1.65. The summed E-state index contributed by atoms with van der Waals surface area (Å²) in [6.07, 6.45) is 2.78. The maximum Gasteiger partial charge on any atom is 0.339 e. The van der Waals surface area contributed by atoms with Gasteiger partial charge in [-0.05, 0) is 24.1 Å². The molecule has 0 amide bonds. The van der Waals surface area contributed by atoms with Gasteiger partial charge in [-0.1, -0.05) is 18.7 Å². The fourth-order valence-electron chi connectivity index (χ4n) is 1.65. The number of aromatic amines is 1. The predicted molar refractivity (Wildman–Crippen MR) is 82.7 cm³/mol. The van der Waals surface area contributed by atoms with E-state index in [4.69, 9.17) is 0 Å². The van der Waals surface area contributed by atoms with E-state index < -0.39 is 11.1 Å². The van der Waals surface area contributed by atoms with Gasteiger partial charge in [0.1, 0.15) is 5.82 Å². The number of hydrogen-bond acceptors (Lipinski definition) is 6. The summed E-state index contributed by atoms with van der Waals surface area (Å²) in [6.45, 7) is 2.97. The Labute approximate surface area is 125 Å². The summed E-state index contributed by atoms with van der Waals surface area (Å²) in [5, 5.41) is 6.12. The monoisotopic (exact) mass is 307 g/mol. The van der Waals surface area contributed by atoms with Gasteiger partial charge >= 0.3 is 11.1 Å². The molecule has 2 aromatic rings. The van der Waals surface area contributed by atoms with Crippen molar-refractivity contribution in [3.05, 3.63) is 44.6 Å². The molecule has 0 saturated heterocycles. The SMILES string of the molecule is CCCNc1cc(CSc2nc(=O)c(=O)[nH]n2C)ccn1. The normalized spacial score (nSPS) is 10.6. The summed E-state index contributed by atoms with van der Waals surface area (Å²) >= 11 is 1.38. The van der Waals surface area contributed by atoms with Crippen LogP contribution in [0.15, 0.2) is 33.1 Å². The molecule has 0 aliphatic heterocycles. The van der Waals surface area contributed by atoms with E-state index >= 15 is 0 Å². The highest BCUT2D eigenvalue weighted by Crippen LogP contribution is 2.19. The van der Waals surface area contributed by atoms with E-state index in [-0.39, 0.29) is 0 Å². The zero-order valence-corrected chi connectivity index (χ0v) is 12.7. The maximum absolute atomic E-state index is 11.3. The molecular weight excluding hydrogens is 290 g/mol. The molecule has 2 heterocycles. The summed E-state index contributed by atoms with van der Waals surface area (Å²) in [4.78, 5) is 30.4. The minimum absolute atomic E-state index is 0.472. The van der Waals surface area contributed by atoms with Crippen molar-refractivity contribution in [2.75, 3.05) is 11.9 Å². The van der Waals surface area contributed by atoms with Gasteiger partial charge in [0.2, 0.25) is 0 Å². The second-order valence-corrected chi connectivity index (χ2v) is 5.41. The van der Waals surface area contributed by atoms with Gasteiger partial charge in [-0.15, -0.1) is 0 Å². The molecule has 2 aromatic heterocycles. The zero-order chi connectivity index (χ0) is 15.2. The van der Waals surface area contributed by atoms with E-state index in [2.05, 4.69) is 27.3 Å². The number of anilines is 1. The number of rotatable bonds is 6. The van der Waals surface area contributed by atoms with Gasteiger partial charge in [-0.25, -0.2) is 4.98 Å². The Morgan fingerprint density at radius 3 is 3.00 bits per heavy atom. The van der Waals surface area contributed by atoms with Crippen LogP contribution in [0.3, 0.4) is 0 Å². The van der Waals surface area contributed by atoms with Crippen molar-refractivity contribution in [1.82, 2.24) is 19.7 Å². The van der Waals surface area contributed by atoms with E-state index in [1.54, 1.807) is 13.2 Å². The fraction of sp³-hybridized carbons (Fsp3) is 0.385. The first-order valence-corrected chi connectivity index (χ1v) is 7.57. The fourth-order valence-corrected chi connectivity index (χ4v) is 2.51. The molecule has 0 bridgehead atoms. The average Bonchev–Trinajstić information content (AvgIpc) is 2.48. The minimum Gasteiger partial charge on any atom is -0.370 e. The Balaban J connectivity index is 2.08. The quantitative estimate of drug-likeness (QED) is 0.610. The molecule has 0 atom stereocenters. The summed E-state index contributed by atoms with van der Waals surface area (Å²) in [6, 6.07) is 3.88. The molecule has 0 aromatic carbocycles. The Bertz CT molecular complexity index is 725. The van der Waals surface area contributed by atoms with Crippen molar-refractivity contribution in [2.24, 2.45) is 7.05 Å². The lowest BCUT2D eigenvalue weighted by atomic mass is 10.3. The summed E-state index contributed by atoms with van der Waals surface area (Å²) in [5.74, 6) is 1.47. The van der Waals surface area contributed by atoms with Crippen molar-refractivity contribution in [2.45, 2.75) is 24.3 Å². The standard InChI is InChI=1S/C13H17N5O2S/c1-3-5-14-10-7-9(4-6-15-10)8-21-13-16-11(19)12(20)17-18(13)2/h4,6-7H,3,5,8H2,1-2H3,(H,14,15)(H,17,20). The molecule has 0 spiro atoms. The Morgan fingerprint density at radius 1 is 1.43 bits per heavy atom. The van der Waals surface area contributed by atoms with Crippen LogP contribution >= 0.6 is 11.8 Å². The molecule has 0 aliphatic rings. The van der Waals surface area contributed by atoms with Gasteiger partial charge in [0.15, 0.2) is 5.16 Å². The number of nitrogens with one attached hydrogen (secondary N) is 2. The van der Waals surface area contributed by atoms with Crippen molar-refractivity contribution in [3.8, 4) is 0 Å². The zero-order valence-electron chi connectivity index (χ0n) is 11.9. The molecule has 0 aliphatic carbocycles. The first-order valence-electron chi connectivity index (χ1n) is 6.59. The topological polar surface area (TPSA) is 92.7 Å². The van der Waals surface area contributed by atoms with Crippen molar-refractivity contribution >= 4 is 17.6 Å². The average molecular weight is 307 g/mol. The Hall–Kier alpha value is -2.09. The maximum atomic E-state index is 11.3. The van der Waals surface area contributed by atoms with Crippen LogP contribution < -0.4 is 16.4 Å². The molecule has 2 N–H and O–H groups in total. The Morgan fingerprint density at radius 2 is 2.24 bits per heavy atom. The third kappa shape index (κ3) is 4.19. The van der Waals surface area contributed by atoms with Gasteiger partial charge in [-0.3, -0.25) is 19.4 Å². The van der Waals surface area contributed by atoms with Crippen molar-refractivity contribution in [1.29, 1.82) is 0 Å². The number of H-pyrrole nitrogens is 1. The lowest BCUT2D eigenvalue weighted by Gasteiger charge is -2.07.